The maximum atomic E-state index is 9.26. The van der Waals surface area contributed by atoms with Crippen molar-refractivity contribution in [1.82, 2.24) is 0 Å². The number of rotatable bonds is 8. The Hall–Kier alpha value is -1.61. The first kappa shape index (κ1) is 15.4. The first-order valence-electron chi connectivity index (χ1n) is 6.22. The quantitative estimate of drug-likeness (QED) is 0.761. The fraction of sp³-hybridized carbons (Fsp3) is 0.500. The van der Waals surface area contributed by atoms with Crippen molar-refractivity contribution in [1.29, 1.82) is 5.26 Å². The lowest BCUT2D eigenvalue weighted by Gasteiger charge is -2.25. The molecule has 0 heterocycles. The SMILES string of the molecule is COCCN(CCOC)c1ccc(CN)cc1C#N. The summed E-state index contributed by atoms with van der Waals surface area (Å²) in [6, 6.07) is 7.94. The van der Waals surface area contributed by atoms with E-state index in [1.165, 1.54) is 0 Å². The van der Waals surface area contributed by atoms with Crippen LogP contribution in [0.15, 0.2) is 18.2 Å². The molecular formula is C14H21N3O2. The minimum absolute atomic E-state index is 0.436. The molecular weight excluding hydrogens is 242 g/mol. The van der Waals surface area contributed by atoms with Gasteiger partial charge >= 0.3 is 0 Å². The van der Waals surface area contributed by atoms with Crippen molar-refractivity contribution in [2.75, 3.05) is 45.4 Å². The summed E-state index contributed by atoms with van der Waals surface area (Å²) in [5.74, 6) is 0. The minimum Gasteiger partial charge on any atom is -0.383 e. The first-order valence-corrected chi connectivity index (χ1v) is 6.22. The van der Waals surface area contributed by atoms with Crippen molar-refractivity contribution >= 4 is 5.69 Å². The van der Waals surface area contributed by atoms with E-state index in [0.29, 0.717) is 25.3 Å². The Morgan fingerprint density at radius 1 is 1.21 bits per heavy atom. The van der Waals surface area contributed by atoms with Crippen LogP contribution < -0.4 is 10.6 Å². The number of nitrogens with zero attached hydrogens (tertiary/aromatic N) is 2. The van der Waals surface area contributed by atoms with Crippen LogP contribution in [-0.2, 0) is 16.0 Å². The third-order valence-corrected chi connectivity index (χ3v) is 2.89. The van der Waals surface area contributed by atoms with Crippen LogP contribution in [0.25, 0.3) is 0 Å². The number of hydrogen-bond donors (Lipinski definition) is 1. The molecule has 0 unspecified atom stereocenters. The molecule has 0 atom stereocenters. The molecule has 0 aromatic heterocycles. The Morgan fingerprint density at radius 3 is 2.32 bits per heavy atom. The van der Waals surface area contributed by atoms with Gasteiger partial charge in [-0.25, -0.2) is 0 Å². The van der Waals surface area contributed by atoms with Crippen molar-refractivity contribution < 1.29 is 9.47 Å². The van der Waals surface area contributed by atoms with Gasteiger partial charge in [-0.15, -0.1) is 0 Å². The van der Waals surface area contributed by atoms with Gasteiger partial charge in [0.2, 0.25) is 0 Å². The summed E-state index contributed by atoms with van der Waals surface area (Å²) >= 11 is 0. The molecule has 0 aliphatic carbocycles. The van der Waals surface area contributed by atoms with E-state index in [1.807, 2.05) is 18.2 Å². The van der Waals surface area contributed by atoms with Gasteiger partial charge in [0.05, 0.1) is 24.5 Å². The summed E-state index contributed by atoms with van der Waals surface area (Å²) in [4.78, 5) is 2.09. The molecule has 104 valence electrons. The van der Waals surface area contributed by atoms with Gasteiger partial charge in [0.1, 0.15) is 6.07 Å². The highest BCUT2D eigenvalue weighted by Crippen LogP contribution is 2.21. The molecule has 5 heteroatoms. The molecule has 0 saturated heterocycles. The fourth-order valence-electron chi connectivity index (χ4n) is 1.83. The normalized spacial score (nSPS) is 10.2. The number of benzene rings is 1. The average molecular weight is 263 g/mol. The summed E-state index contributed by atoms with van der Waals surface area (Å²) in [7, 11) is 3.33. The molecule has 0 aliphatic rings. The van der Waals surface area contributed by atoms with Crippen molar-refractivity contribution in [3.63, 3.8) is 0 Å². The maximum absolute atomic E-state index is 9.26. The Labute approximate surface area is 114 Å². The lowest BCUT2D eigenvalue weighted by molar-refractivity contribution is 0.190. The minimum atomic E-state index is 0.436. The van der Waals surface area contributed by atoms with E-state index in [2.05, 4.69) is 11.0 Å². The number of methoxy groups -OCH3 is 2. The zero-order valence-electron chi connectivity index (χ0n) is 11.6. The van der Waals surface area contributed by atoms with E-state index in [-0.39, 0.29) is 0 Å². The van der Waals surface area contributed by atoms with E-state index in [4.69, 9.17) is 15.2 Å². The second-order valence-corrected chi connectivity index (χ2v) is 4.14. The highest BCUT2D eigenvalue weighted by molar-refractivity contribution is 5.60. The van der Waals surface area contributed by atoms with Crippen molar-refractivity contribution in [3.05, 3.63) is 29.3 Å². The molecule has 5 nitrogen and oxygen atoms in total. The molecule has 0 radical (unpaired) electrons. The fourth-order valence-corrected chi connectivity index (χ4v) is 1.83. The van der Waals surface area contributed by atoms with Crippen LogP contribution in [0.3, 0.4) is 0 Å². The van der Waals surface area contributed by atoms with Gasteiger partial charge in [-0.05, 0) is 17.7 Å². The maximum Gasteiger partial charge on any atom is 0.101 e. The number of hydrogen-bond acceptors (Lipinski definition) is 5. The second kappa shape index (κ2) is 8.48. The second-order valence-electron chi connectivity index (χ2n) is 4.14. The first-order chi connectivity index (χ1) is 9.26. The summed E-state index contributed by atoms with van der Waals surface area (Å²) in [6.07, 6.45) is 0. The van der Waals surface area contributed by atoms with Gasteiger partial charge in [0.15, 0.2) is 0 Å². The molecule has 2 N–H and O–H groups in total. The molecule has 0 fully saturated rings. The Balaban J connectivity index is 2.96. The Bertz CT molecular complexity index is 421. The number of nitriles is 1. The lowest BCUT2D eigenvalue weighted by Crippen LogP contribution is -2.31. The summed E-state index contributed by atoms with van der Waals surface area (Å²) in [6.45, 7) is 3.08. The largest absolute Gasteiger partial charge is 0.383 e. The number of nitrogens with two attached hydrogens (primary N) is 1. The Kier molecular flexibility index (Phi) is 6.90. The van der Waals surface area contributed by atoms with Crippen molar-refractivity contribution in [2.24, 2.45) is 5.73 Å². The molecule has 1 rings (SSSR count). The van der Waals surface area contributed by atoms with Gasteiger partial charge in [-0.1, -0.05) is 6.07 Å². The van der Waals surface area contributed by atoms with E-state index in [9.17, 15) is 5.26 Å². The topological polar surface area (TPSA) is 71.5 Å². The van der Waals surface area contributed by atoms with Gasteiger partial charge in [0, 0.05) is 33.9 Å². The van der Waals surface area contributed by atoms with Gasteiger partial charge < -0.3 is 20.1 Å². The predicted molar refractivity (Wildman–Crippen MR) is 75.0 cm³/mol. The molecule has 0 aliphatic heterocycles. The summed E-state index contributed by atoms with van der Waals surface area (Å²) in [5, 5.41) is 9.26. The van der Waals surface area contributed by atoms with Crippen LogP contribution >= 0.6 is 0 Å². The van der Waals surface area contributed by atoms with Crippen molar-refractivity contribution in [3.8, 4) is 6.07 Å². The van der Waals surface area contributed by atoms with E-state index in [0.717, 1.165) is 24.3 Å². The monoisotopic (exact) mass is 263 g/mol. The average Bonchev–Trinajstić information content (AvgIpc) is 2.47. The molecule has 19 heavy (non-hydrogen) atoms. The van der Waals surface area contributed by atoms with Crippen LogP contribution in [0.4, 0.5) is 5.69 Å². The number of ether oxygens (including phenoxy) is 2. The molecule has 0 amide bonds. The smallest absolute Gasteiger partial charge is 0.101 e. The van der Waals surface area contributed by atoms with E-state index in [1.54, 1.807) is 14.2 Å². The molecule has 0 saturated carbocycles. The zero-order chi connectivity index (χ0) is 14.1. The molecule has 0 spiro atoms. The van der Waals surface area contributed by atoms with Crippen LogP contribution in [0, 0.1) is 11.3 Å². The zero-order valence-corrected chi connectivity index (χ0v) is 11.6. The van der Waals surface area contributed by atoms with Gasteiger partial charge in [-0.3, -0.25) is 0 Å². The standard InChI is InChI=1S/C14H21N3O2/c1-18-7-5-17(6-8-19-2)14-4-3-12(10-15)9-13(14)11-16/h3-4,9H,5-8,10,15H2,1-2H3. The van der Waals surface area contributed by atoms with E-state index >= 15 is 0 Å². The molecule has 0 bridgehead atoms. The van der Waals surface area contributed by atoms with Crippen molar-refractivity contribution in [2.45, 2.75) is 6.54 Å². The van der Waals surface area contributed by atoms with Crippen LogP contribution in [-0.4, -0.2) is 40.5 Å². The van der Waals surface area contributed by atoms with E-state index < -0.39 is 0 Å². The number of anilines is 1. The molecule has 1 aromatic carbocycles. The van der Waals surface area contributed by atoms with Crippen LogP contribution in [0.2, 0.25) is 0 Å². The van der Waals surface area contributed by atoms with Gasteiger partial charge in [0.25, 0.3) is 0 Å². The van der Waals surface area contributed by atoms with Crippen LogP contribution in [0.5, 0.6) is 0 Å². The third kappa shape index (κ3) is 4.52. The van der Waals surface area contributed by atoms with Gasteiger partial charge in [-0.2, -0.15) is 5.26 Å². The van der Waals surface area contributed by atoms with Crippen LogP contribution in [0.1, 0.15) is 11.1 Å². The predicted octanol–water partition coefficient (Wildman–Crippen LogP) is 1.12. The summed E-state index contributed by atoms with van der Waals surface area (Å²) < 4.78 is 10.2. The Morgan fingerprint density at radius 2 is 1.84 bits per heavy atom. The highest BCUT2D eigenvalue weighted by atomic mass is 16.5. The molecule has 1 aromatic rings. The summed E-state index contributed by atoms with van der Waals surface area (Å²) in [5.41, 5.74) is 8.09. The highest BCUT2D eigenvalue weighted by Gasteiger charge is 2.11. The third-order valence-electron chi connectivity index (χ3n) is 2.89. The lowest BCUT2D eigenvalue weighted by atomic mass is 10.1.